The largest absolute Gasteiger partial charge is 0.465 e. The minimum atomic E-state index is -3.22. The number of nitrogens with one attached hydrogen (secondary N) is 2. The quantitative estimate of drug-likeness (QED) is 0.666. The molecule has 2 aromatic rings. The number of amidine groups is 1. The zero-order valence-electron chi connectivity index (χ0n) is 16.4. The first-order valence-corrected chi connectivity index (χ1v) is 9.26. The van der Waals surface area contributed by atoms with Crippen molar-refractivity contribution in [2.24, 2.45) is 4.99 Å². The number of carboxylic acid groups (broad SMARTS) is 1. The fourth-order valence-corrected chi connectivity index (χ4v) is 3.06. The number of carbonyl (C=O) groups excluding carboxylic acids is 1. The third-order valence-corrected chi connectivity index (χ3v) is 4.66. The standard InChI is InChI=1S/C20H19F3N4O4/c1-2-11-3-6-15(24-8-11)17(28)25-12-4-5-14(21)13(7-12)20(18(22)23)10-31-9-16(27-20)26-19(29)30/h3-8,18H,2,9-10H2,1H3,(H,25,28)(H,26,27)(H,29,30)/t20-/m0/s1. The molecular formula is C20H19F3N4O4. The predicted molar refractivity (Wildman–Crippen MR) is 105 cm³/mol. The number of benzene rings is 1. The fraction of sp³-hybridized carbons (Fsp3) is 0.300. The van der Waals surface area contributed by atoms with E-state index in [4.69, 9.17) is 9.84 Å². The Bertz CT molecular complexity index is 1010. The summed E-state index contributed by atoms with van der Waals surface area (Å²) in [7, 11) is 0. The van der Waals surface area contributed by atoms with E-state index < -0.39 is 42.0 Å². The van der Waals surface area contributed by atoms with Crippen LogP contribution in [-0.4, -0.2) is 47.6 Å². The molecule has 0 aliphatic carbocycles. The predicted octanol–water partition coefficient (Wildman–Crippen LogP) is 3.19. The maximum absolute atomic E-state index is 14.6. The molecule has 3 rings (SSSR count). The van der Waals surface area contributed by atoms with Crippen molar-refractivity contribution in [3.63, 3.8) is 0 Å². The first-order valence-electron chi connectivity index (χ1n) is 9.26. The lowest BCUT2D eigenvalue weighted by atomic mass is 9.90. The molecule has 1 aliphatic heterocycles. The highest BCUT2D eigenvalue weighted by atomic mass is 19.3. The minimum Gasteiger partial charge on any atom is -0.465 e. The number of halogens is 3. The summed E-state index contributed by atoms with van der Waals surface area (Å²) in [6.45, 7) is 0.909. The number of aryl methyl sites for hydroxylation is 1. The van der Waals surface area contributed by atoms with Gasteiger partial charge in [0.1, 0.15) is 24.0 Å². The van der Waals surface area contributed by atoms with Gasteiger partial charge in [0.05, 0.1) is 6.61 Å². The lowest BCUT2D eigenvalue weighted by Crippen LogP contribution is -2.47. The van der Waals surface area contributed by atoms with Crippen molar-refractivity contribution < 1.29 is 32.6 Å². The molecule has 0 radical (unpaired) electrons. The Morgan fingerprint density at radius 2 is 2.03 bits per heavy atom. The van der Waals surface area contributed by atoms with Gasteiger partial charge in [-0.05, 0) is 36.2 Å². The second-order valence-electron chi connectivity index (χ2n) is 6.76. The van der Waals surface area contributed by atoms with E-state index in [0.717, 1.165) is 24.1 Å². The van der Waals surface area contributed by atoms with Crippen LogP contribution in [0.1, 0.15) is 28.5 Å². The van der Waals surface area contributed by atoms with E-state index in [-0.39, 0.29) is 23.8 Å². The van der Waals surface area contributed by atoms with Crippen molar-refractivity contribution >= 4 is 23.5 Å². The van der Waals surface area contributed by atoms with Crippen LogP contribution >= 0.6 is 0 Å². The Kier molecular flexibility index (Phi) is 6.54. The minimum absolute atomic E-state index is 0.0383. The van der Waals surface area contributed by atoms with E-state index >= 15 is 0 Å². The van der Waals surface area contributed by atoms with Gasteiger partial charge in [-0.2, -0.15) is 0 Å². The second kappa shape index (κ2) is 9.13. The zero-order chi connectivity index (χ0) is 22.6. The number of aliphatic imine (C=N–C) groups is 1. The monoisotopic (exact) mass is 436 g/mol. The third-order valence-electron chi connectivity index (χ3n) is 4.66. The molecule has 11 heteroatoms. The molecule has 2 amide bonds. The Morgan fingerprint density at radius 3 is 2.65 bits per heavy atom. The number of hydrogen-bond donors (Lipinski definition) is 3. The van der Waals surface area contributed by atoms with Crippen LogP contribution in [0.4, 0.5) is 23.7 Å². The summed E-state index contributed by atoms with van der Waals surface area (Å²) in [5.41, 5.74) is -1.96. The molecule has 0 saturated carbocycles. The van der Waals surface area contributed by atoms with Crippen LogP contribution in [0.15, 0.2) is 41.5 Å². The van der Waals surface area contributed by atoms with E-state index in [0.29, 0.717) is 0 Å². The maximum atomic E-state index is 14.6. The summed E-state index contributed by atoms with van der Waals surface area (Å²) in [5, 5.41) is 13.2. The van der Waals surface area contributed by atoms with Gasteiger partial charge in [0.2, 0.25) is 0 Å². The van der Waals surface area contributed by atoms with Crippen molar-refractivity contribution in [1.29, 1.82) is 0 Å². The van der Waals surface area contributed by atoms with Gasteiger partial charge in [-0.1, -0.05) is 13.0 Å². The summed E-state index contributed by atoms with van der Waals surface area (Å²) >= 11 is 0. The van der Waals surface area contributed by atoms with Crippen molar-refractivity contribution in [2.45, 2.75) is 25.3 Å². The fourth-order valence-electron chi connectivity index (χ4n) is 3.06. The highest BCUT2D eigenvalue weighted by Gasteiger charge is 2.46. The molecule has 1 aromatic heterocycles. The highest BCUT2D eigenvalue weighted by Crippen LogP contribution is 2.38. The van der Waals surface area contributed by atoms with E-state index in [9.17, 15) is 22.8 Å². The third kappa shape index (κ3) is 4.82. The van der Waals surface area contributed by atoms with Crippen LogP contribution in [0.3, 0.4) is 0 Å². The van der Waals surface area contributed by atoms with Gasteiger partial charge in [-0.25, -0.2) is 23.0 Å². The van der Waals surface area contributed by atoms with Crippen LogP contribution in [-0.2, 0) is 16.7 Å². The van der Waals surface area contributed by atoms with Gasteiger partial charge in [0.25, 0.3) is 12.3 Å². The van der Waals surface area contributed by atoms with E-state index in [2.05, 4.69) is 15.3 Å². The lowest BCUT2D eigenvalue weighted by Gasteiger charge is -2.34. The lowest BCUT2D eigenvalue weighted by molar-refractivity contribution is -0.0151. The molecule has 8 nitrogen and oxygen atoms in total. The number of carbonyl (C=O) groups is 2. The van der Waals surface area contributed by atoms with Gasteiger partial charge >= 0.3 is 6.09 Å². The normalized spacial score (nSPS) is 18.4. The molecule has 1 aliphatic rings. The molecule has 164 valence electrons. The van der Waals surface area contributed by atoms with Crippen LogP contribution in [0.5, 0.6) is 0 Å². The Hall–Kier alpha value is -3.47. The molecular weight excluding hydrogens is 417 g/mol. The molecule has 0 spiro atoms. The van der Waals surface area contributed by atoms with Crippen molar-refractivity contribution in [2.75, 3.05) is 18.5 Å². The molecule has 1 atom stereocenters. The molecule has 0 saturated heterocycles. The molecule has 1 aromatic carbocycles. The van der Waals surface area contributed by atoms with Crippen LogP contribution < -0.4 is 10.6 Å². The summed E-state index contributed by atoms with van der Waals surface area (Å²) in [6, 6.07) is 6.39. The SMILES string of the molecule is CCc1ccc(C(=O)Nc2ccc(F)c([C@]3(C(F)F)COCC(NC(=O)O)=N3)c2)nc1. The molecule has 2 heterocycles. The van der Waals surface area contributed by atoms with Crippen LogP contribution in [0.2, 0.25) is 0 Å². The summed E-state index contributed by atoms with van der Waals surface area (Å²) < 4.78 is 47.8. The van der Waals surface area contributed by atoms with Gasteiger partial charge in [-0.15, -0.1) is 0 Å². The van der Waals surface area contributed by atoms with E-state index in [1.165, 1.54) is 12.1 Å². The van der Waals surface area contributed by atoms with Crippen molar-refractivity contribution in [1.82, 2.24) is 10.3 Å². The second-order valence-corrected chi connectivity index (χ2v) is 6.76. The molecule has 31 heavy (non-hydrogen) atoms. The number of alkyl halides is 2. The molecule has 0 unspecified atom stereocenters. The number of nitrogens with zero attached hydrogens (tertiary/aromatic N) is 2. The Balaban J connectivity index is 1.94. The van der Waals surface area contributed by atoms with Crippen molar-refractivity contribution in [3.05, 3.63) is 59.2 Å². The van der Waals surface area contributed by atoms with Gasteiger partial charge < -0.3 is 15.2 Å². The van der Waals surface area contributed by atoms with Crippen molar-refractivity contribution in [3.8, 4) is 0 Å². The first-order chi connectivity index (χ1) is 14.7. The van der Waals surface area contributed by atoms with E-state index in [1.807, 2.05) is 12.2 Å². The number of aromatic nitrogens is 1. The number of rotatable bonds is 5. The van der Waals surface area contributed by atoms with Gasteiger partial charge in [0, 0.05) is 17.4 Å². The van der Waals surface area contributed by atoms with Crippen LogP contribution in [0.25, 0.3) is 0 Å². The van der Waals surface area contributed by atoms with Crippen LogP contribution in [0, 0.1) is 5.82 Å². The topological polar surface area (TPSA) is 113 Å². The average molecular weight is 436 g/mol. The number of pyridine rings is 1. The molecule has 0 fully saturated rings. The number of amides is 2. The first kappa shape index (κ1) is 22.2. The van der Waals surface area contributed by atoms with Gasteiger partial charge in [-0.3, -0.25) is 15.1 Å². The molecule has 0 bridgehead atoms. The Labute approximate surface area is 175 Å². The smallest absolute Gasteiger partial charge is 0.410 e. The average Bonchev–Trinajstić information content (AvgIpc) is 2.74. The summed E-state index contributed by atoms with van der Waals surface area (Å²) in [6.07, 6.45) is -2.45. The van der Waals surface area contributed by atoms with Gasteiger partial charge in [0.15, 0.2) is 5.54 Å². The number of hydrogen-bond acceptors (Lipinski definition) is 5. The maximum Gasteiger partial charge on any atom is 0.410 e. The highest BCUT2D eigenvalue weighted by molar-refractivity contribution is 6.03. The number of anilines is 1. The summed E-state index contributed by atoms with van der Waals surface area (Å²) in [4.78, 5) is 31.1. The Morgan fingerprint density at radius 1 is 1.26 bits per heavy atom. The summed E-state index contributed by atoms with van der Waals surface area (Å²) in [5.74, 6) is -2.00. The van der Waals surface area contributed by atoms with E-state index in [1.54, 1.807) is 12.3 Å². The molecule has 3 N–H and O–H groups in total. The number of ether oxygens (including phenoxy) is 1. The zero-order valence-corrected chi connectivity index (χ0v) is 16.4.